The molecule has 0 spiro atoms. The number of aliphatic carboxylic acids is 1. The first-order valence-corrected chi connectivity index (χ1v) is 11.4. The van der Waals surface area contributed by atoms with Crippen LogP contribution in [0.15, 0.2) is 50.4 Å². The number of carboxylic acids is 1. The maximum absolute atomic E-state index is 12.9. The van der Waals surface area contributed by atoms with Gasteiger partial charge in [-0.25, -0.2) is 4.79 Å². The van der Waals surface area contributed by atoms with E-state index in [0.29, 0.717) is 44.1 Å². The number of aromatic nitrogens is 1. The number of aryl methyl sites for hydroxylation is 3. The largest absolute Gasteiger partial charge is 0.548 e. The number of amides is 1. The quantitative estimate of drug-likeness (QED) is 0.312. The highest BCUT2D eigenvalue weighted by Crippen LogP contribution is 2.32. The molecule has 3 N–H and O–H groups in total. The summed E-state index contributed by atoms with van der Waals surface area (Å²) in [5, 5.41) is 26.3. The number of furan rings is 1. The van der Waals surface area contributed by atoms with Crippen LogP contribution in [-0.4, -0.2) is 28.0 Å². The number of rotatable bonds is 6. The van der Waals surface area contributed by atoms with E-state index in [2.05, 4.69) is 10.3 Å². The summed E-state index contributed by atoms with van der Waals surface area (Å²) >= 11 is 0. The molecule has 2 aromatic carbocycles. The van der Waals surface area contributed by atoms with Crippen LogP contribution in [0, 0.1) is 20.8 Å². The van der Waals surface area contributed by atoms with Gasteiger partial charge in [0.2, 0.25) is 5.91 Å². The normalized spacial score (nSPS) is 12.4. The van der Waals surface area contributed by atoms with Gasteiger partial charge in [-0.05, 0) is 61.7 Å². The highest BCUT2D eigenvalue weighted by Gasteiger charge is 2.22. The molecule has 0 radical (unpaired) electrons. The number of carboxylic acid groups (broad SMARTS) is 1. The van der Waals surface area contributed by atoms with E-state index < -0.39 is 23.5 Å². The predicted molar refractivity (Wildman–Crippen MR) is 131 cm³/mol. The molecule has 0 bridgehead atoms. The van der Waals surface area contributed by atoms with E-state index in [-0.39, 0.29) is 24.2 Å². The lowest BCUT2D eigenvalue weighted by Gasteiger charge is -2.20. The zero-order valence-electron chi connectivity index (χ0n) is 19.9. The minimum Gasteiger partial charge on any atom is -0.548 e. The fourth-order valence-electron chi connectivity index (χ4n) is 4.68. The van der Waals surface area contributed by atoms with E-state index in [1.807, 2.05) is 13.0 Å². The van der Waals surface area contributed by atoms with Crippen molar-refractivity contribution in [1.29, 1.82) is 0 Å². The van der Waals surface area contributed by atoms with Crippen LogP contribution in [-0.2, 0) is 22.4 Å². The van der Waals surface area contributed by atoms with Crippen molar-refractivity contribution in [3.63, 3.8) is 0 Å². The Hall–Kier alpha value is -4.53. The van der Waals surface area contributed by atoms with Gasteiger partial charge in [0.1, 0.15) is 16.9 Å². The van der Waals surface area contributed by atoms with Gasteiger partial charge in [-0.2, -0.15) is 0 Å². The predicted octanol–water partition coefficient (Wildman–Crippen LogP) is 2.67. The SMILES string of the molecule is Cc1coc2c(C)c3oc(=O)c(CC(=O)N[C@H](Cc4c[nH]c5ccc(O)cc45)C(=O)[O-])c(C)c3cc12. The number of phenols is 1. The van der Waals surface area contributed by atoms with Gasteiger partial charge >= 0.3 is 5.63 Å². The average Bonchev–Trinajstić information content (AvgIpc) is 3.40. The number of hydrogen-bond acceptors (Lipinski definition) is 7. The number of H-pyrrole nitrogens is 1. The van der Waals surface area contributed by atoms with Crippen LogP contribution < -0.4 is 16.0 Å². The Morgan fingerprint density at radius 3 is 2.61 bits per heavy atom. The molecule has 0 saturated heterocycles. The van der Waals surface area contributed by atoms with Crippen molar-refractivity contribution in [2.45, 2.75) is 39.7 Å². The van der Waals surface area contributed by atoms with Gasteiger partial charge in [0.15, 0.2) is 0 Å². The molecule has 0 fully saturated rings. The third-order valence-corrected chi connectivity index (χ3v) is 6.67. The molecule has 3 aromatic heterocycles. The summed E-state index contributed by atoms with van der Waals surface area (Å²) in [5.41, 5.74) is 4.01. The molecule has 0 aliphatic heterocycles. The molecule has 9 nitrogen and oxygen atoms in total. The molecule has 36 heavy (non-hydrogen) atoms. The van der Waals surface area contributed by atoms with E-state index in [4.69, 9.17) is 8.83 Å². The first-order chi connectivity index (χ1) is 17.1. The Balaban J connectivity index is 1.44. The fraction of sp³-hybridized carbons (Fsp3) is 0.222. The lowest BCUT2D eigenvalue weighted by molar-refractivity contribution is -0.308. The number of aromatic hydroxyl groups is 1. The first kappa shape index (κ1) is 23.2. The van der Waals surface area contributed by atoms with Crippen LogP contribution in [0.4, 0.5) is 0 Å². The molecular weight excluding hydrogens is 464 g/mol. The minimum atomic E-state index is -1.46. The Bertz CT molecular complexity index is 1740. The van der Waals surface area contributed by atoms with Crippen molar-refractivity contribution >= 4 is 44.7 Å². The van der Waals surface area contributed by atoms with Gasteiger partial charge in [0, 0.05) is 39.9 Å². The maximum atomic E-state index is 12.9. The lowest BCUT2D eigenvalue weighted by Crippen LogP contribution is -2.49. The molecule has 5 aromatic rings. The second kappa shape index (κ2) is 8.60. The number of fused-ring (bicyclic) bond motifs is 3. The summed E-state index contributed by atoms with van der Waals surface area (Å²) in [4.78, 5) is 40.5. The summed E-state index contributed by atoms with van der Waals surface area (Å²) in [6, 6.07) is 5.22. The number of benzene rings is 2. The average molecular weight is 487 g/mol. The van der Waals surface area contributed by atoms with Crippen LogP contribution in [0.3, 0.4) is 0 Å². The minimum absolute atomic E-state index is 0.0361. The topological polar surface area (TPSA) is 149 Å². The first-order valence-electron chi connectivity index (χ1n) is 11.4. The number of phenolic OH excluding ortho intramolecular Hbond substituents is 1. The number of nitrogens with one attached hydrogen (secondary N) is 2. The van der Waals surface area contributed by atoms with E-state index >= 15 is 0 Å². The summed E-state index contributed by atoms with van der Waals surface area (Å²) in [5.74, 6) is -2.08. The molecule has 0 aliphatic rings. The summed E-state index contributed by atoms with van der Waals surface area (Å²) in [6.45, 7) is 5.45. The van der Waals surface area contributed by atoms with Crippen molar-refractivity contribution < 1.29 is 28.6 Å². The van der Waals surface area contributed by atoms with Gasteiger partial charge < -0.3 is 34.1 Å². The third kappa shape index (κ3) is 3.88. The van der Waals surface area contributed by atoms with Gasteiger partial charge in [-0.15, -0.1) is 0 Å². The molecule has 1 atom stereocenters. The zero-order chi connectivity index (χ0) is 25.7. The van der Waals surface area contributed by atoms with Gasteiger partial charge in [-0.3, -0.25) is 4.79 Å². The molecule has 3 heterocycles. The highest BCUT2D eigenvalue weighted by molar-refractivity contribution is 6.00. The standard InChI is InChI=1S/C27H24N2O7/c1-12-11-35-24-14(3)25-18(8-17(12)24)13(2)19(27(34)36-25)9-23(31)29-22(26(32)33)6-15-10-28-21-5-4-16(30)7-20(15)21/h4-5,7-8,10-11,22,28,30H,6,9H2,1-3H3,(H,29,31)(H,32,33)/p-1/t22-/m1/s1. The third-order valence-electron chi connectivity index (χ3n) is 6.67. The Labute approximate surface area is 204 Å². The van der Waals surface area contributed by atoms with Crippen LogP contribution in [0.5, 0.6) is 5.75 Å². The van der Waals surface area contributed by atoms with Gasteiger partial charge in [0.25, 0.3) is 0 Å². The van der Waals surface area contributed by atoms with Gasteiger partial charge in [-0.1, -0.05) is 0 Å². The Morgan fingerprint density at radius 1 is 1.08 bits per heavy atom. The van der Waals surface area contributed by atoms with Crippen LogP contribution >= 0.6 is 0 Å². The van der Waals surface area contributed by atoms with E-state index in [1.54, 1.807) is 32.4 Å². The second-order valence-electron chi connectivity index (χ2n) is 9.03. The smallest absolute Gasteiger partial charge is 0.340 e. The molecule has 1 amide bonds. The summed E-state index contributed by atoms with van der Waals surface area (Å²) in [6.07, 6.45) is 2.83. The number of carbonyl (C=O) groups excluding carboxylic acids is 2. The molecule has 184 valence electrons. The lowest BCUT2D eigenvalue weighted by atomic mass is 9.98. The Kier molecular flexibility index (Phi) is 5.55. The van der Waals surface area contributed by atoms with Crippen molar-refractivity contribution in [1.82, 2.24) is 10.3 Å². The molecule has 9 heteroatoms. The van der Waals surface area contributed by atoms with Crippen LogP contribution in [0.1, 0.15) is 27.8 Å². The van der Waals surface area contributed by atoms with E-state index in [1.165, 1.54) is 12.1 Å². The zero-order valence-corrected chi connectivity index (χ0v) is 19.9. The van der Waals surface area contributed by atoms with Gasteiger partial charge in [0.05, 0.1) is 30.3 Å². The van der Waals surface area contributed by atoms with Crippen molar-refractivity contribution in [2.24, 2.45) is 0 Å². The molecular formula is C27H23N2O7-. The van der Waals surface area contributed by atoms with E-state index in [0.717, 1.165) is 10.9 Å². The number of carbonyl (C=O) groups is 2. The van der Waals surface area contributed by atoms with Crippen molar-refractivity contribution in [3.05, 3.63) is 75.0 Å². The molecule has 5 rings (SSSR count). The number of aromatic amines is 1. The molecule has 0 aliphatic carbocycles. The maximum Gasteiger partial charge on any atom is 0.340 e. The van der Waals surface area contributed by atoms with Crippen LogP contribution in [0.2, 0.25) is 0 Å². The molecule has 0 saturated carbocycles. The summed E-state index contributed by atoms with van der Waals surface area (Å²) < 4.78 is 11.2. The van der Waals surface area contributed by atoms with E-state index in [9.17, 15) is 24.6 Å². The number of hydrogen-bond donors (Lipinski definition) is 3. The monoisotopic (exact) mass is 487 g/mol. The second-order valence-corrected chi connectivity index (χ2v) is 9.03. The molecule has 0 unspecified atom stereocenters. The van der Waals surface area contributed by atoms with Crippen molar-refractivity contribution in [3.8, 4) is 5.75 Å². The van der Waals surface area contributed by atoms with Crippen LogP contribution in [0.25, 0.3) is 32.8 Å². The van der Waals surface area contributed by atoms with Crippen molar-refractivity contribution in [2.75, 3.05) is 0 Å². The highest BCUT2D eigenvalue weighted by atomic mass is 16.4. The fourth-order valence-corrected chi connectivity index (χ4v) is 4.68. The summed E-state index contributed by atoms with van der Waals surface area (Å²) in [7, 11) is 0. The Morgan fingerprint density at radius 2 is 1.86 bits per heavy atom.